The summed E-state index contributed by atoms with van der Waals surface area (Å²) >= 11 is 1.65. The largest absolute Gasteiger partial charge is 0.391 e. The van der Waals surface area contributed by atoms with E-state index in [1.165, 1.54) is 0 Å². The Labute approximate surface area is 114 Å². The van der Waals surface area contributed by atoms with Crippen molar-refractivity contribution in [3.63, 3.8) is 0 Å². The van der Waals surface area contributed by atoms with Crippen molar-refractivity contribution in [3.05, 3.63) is 10.6 Å². The Bertz CT molecular complexity index is 412. The number of thiazole rings is 1. The molecule has 3 nitrogen and oxygen atoms in total. The Morgan fingerprint density at radius 3 is 2.22 bits per heavy atom. The fraction of sp³-hybridized carbons (Fsp3) is 0.786. The first-order valence-electron chi connectivity index (χ1n) is 6.69. The third-order valence-corrected chi connectivity index (χ3v) is 4.90. The van der Waals surface area contributed by atoms with Crippen LogP contribution in [-0.2, 0) is 12.0 Å². The molecular weight excluding hydrogens is 244 g/mol. The van der Waals surface area contributed by atoms with Crippen LogP contribution in [0.2, 0.25) is 0 Å². The van der Waals surface area contributed by atoms with E-state index < -0.39 is 0 Å². The van der Waals surface area contributed by atoms with Crippen molar-refractivity contribution in [2.75, 3.05) is 18.0 Å². The second-order valence-corrected chi connectivity index (χ2v) is 7.60. The van der Waals surface area contributed by atoms with E-state index in [4.69, 9.17) is 4.98 Å². The first kappa shape index (κ1) is 13.8. The van der Waals surface area contributed by atoms with Gasteiger partial charge in [0.1, 0.15) is 0 Å². The molecule has 1 aromatic rings. The van der Waals surface area contributed by atoms with Crippen molar-refractivity contribution in [2.24, 2.45) is 11.8 Å². The molecular formula is C14H24N2OS. The van der Waals surface area contributed by atoms with Gasteiger partial charge in [0.05, 0.1) is 17.2 Å². The average molecular weight is 268 g/mol. The van der Waals surface area contributed by atoms with Gasteiger partial charge in [-0.05, 0) is 11.8 Å². The molecule has 0 bridgehead atoms. The maximum Gasteiger partial charge on any atom is 0.185 e. The fourth-order valence-corrected chi connectivity index (χ4v) is 3.60. The standard InChI is InChI=1S/C14H24N2OS/c1-9-6-16(7-10(9)2)13-15-12(14(3,4)5)11(8-17)18-13/h9-10,17H,6-8H2,1-5H3. The fourth-order valence-electron chi connectivity index (χ4n) is 2.45. The summed E-state index contributed by atoms with van der Waals surface area (Å²) < 4.78 is 0. The number of anilines is 1. The quantitative estimate of drug-likeness (QED) is 0.895. The van der Waals surface area contributed by atoms with Gasteiger partial charge in [-0.1, -0.05) is 46.0 Å². The van der Waals surface area contributed by atoms with Gasteiger partial charge in [0, 0.05) is 18.5 Å². The van der Waals surface area contributed by atoms with E-state index in [2.05, 4.69) is 39.5 Å². The molecule has 1 aliphatic heterocycles. The van der Waals surface area contributed by atoms with Crippen LogP contribution in [0.1, 0.15) is 45.2 Å². The zero-order chi connectivity index (χ0) is 13.5. The monoisotopic (exact) mass is 268 g/mol. The molecule has 1 N–H and O–H groups in total. The molecule has 18 heavy (non-hydrogen) atoms. The van der Waals surface area contributed by atoms with Crippen LogP contribution in [-0.4, -0.2) is 23.2 Å². The lowest BCUT2D eigenvalue weighted by Gasteiger charge is -2.17. The van der Waals surface area contributed by atoms with Crippen LogP contribution in [0.3, 0.4) is 0 Å². The summed E-state index contributed by atoms with van der Waals surface area (Å²) in [4.78, 5) is 8.18. The van der Waals surface area contributed by atoms with Gasteiger partial charge in [-0.25, -0.2) is 4.98 Å². The molecule has 0 amide bonds. The minimum Gasteiger partial charge on any atom is -0.391 e. The predicted octanol–water partition coefficient (Wildman–Crippen LogP) is 3.03. The second kappa shape index (κ2) is 4.82. The van der Waals surface area contributed by atoms with Crippen LogP contribution in [0.4, 0.5) is 5.13 Å². The van der Waals surface area contributed by atoms with Crippen LogP contribution in [0.5, 0.6) is 0 Å². The van der Waals surface area contributed by atoms with Gasteiger partial charge in [-0.15, -0.1) is 0 Å². The molecule has 102 valence electrons. The summed E-state index contributed by atoms with van der Waals surface area (Å²) in [6.07, 6.45) is 0. The second-order valence-electron chi connectivity index (χ2n) is 6.54. The topological polar surface area (TPSA) is 36.4 Å². The summed E-state index contributed by atoms with van der Waals surface area (Å²) in [6, 6.07) is 0. The van der Waals surface area contributed by atoms with E-state index in [1.54, 1.807) is 11.3 Å². The molecule has 0 aliphatic carbocycles. The van der Waals surface area contributed by atoms with Crippen molar-refractivity contribution in [1.82, 2.24) is 4.98 Å². The highest BCUT2D eigenvalue weighted by molar-refractivity contribution is 7.15. The molecule has 2 rings (SSSR count). The Morgan fingerprint density at radius 1 is 1.28 bits per heavy atom. The van der Waals surface area contributed by atoms with Gasteiger partial charge in [0.2, 0.25) is 0 Å². The van der Waals surface area contributed by atoms with E-state index in [0.717, 1.165) is 40.6 Å². The lowest BCUT2D eigenvalue weighted by atomic mass is 9.91. The van der Waals surface area contributed by atoms with Gasteiger partial charge in [-0.3, -0.25) is 0 Å². The Hall–Kier alpha value is -0.610. The molecule has 2 atom stereocenters. The van der Waals surface area contributed by atoms with E-state index in [9.17, 15) is 5.11 Å². The van der Waals surface area contributed by atoms with E-state index >= 15 is 0 Å². The highest BCUT2D eigenvalue weighted by Crippen LogP contribution is 2.36. The summed E-state index contributed by atoms with van der Waals surface area (Å²) in [7, 11) is 0. The van der Waals surface area contributed by atoms with Crippen LogP contribution >= 0.6 is 11.3 Å². The van der Waals surface area contributed by atoms with Crippen molar-refractivity contribution >= 4 is 16.5 Å². The molecule has 0 radical (unpaired) electrons. The van der Waals surface area contributed by atoms with Gasteiger partial charge >= 0.3 is 0 Å². The number of rotatable bonds is 2. The normalized spacial score (nSPS) is 24.9. The number of aliphatic hydroxyl groups is 1. The van der Waals surface area contributed by atoms with Gasteiger partial charge in [-0.2, -0.15) is 0 Å². The number of aliphatic hydroxyl groups excluding tert-OH is 1. The predicted molar refractivity (Wildman–Crippen MR) is 77.3 cm³/mol. The minimum absolute atomic E-state index is 0.00374. The van der Waals surface area contributed by atoms with Gasteiger partial charge in [0.15, 0.2) is 5.13 Å². The molecule has 0 spiro atoms. The van der Waals surface area contributed by atoms with Crippen LogP contribution in [0.25, 0.3) is 0 Å². The summed E-state index contributed by atoms with van der Waals surface area (Å²) in [5, 5.41) is 10.6. The van der Waals surface area contributed by atoms with Crippen LogP contribution < -0.4 is 4.90 Å². The van der Waals surface area contributed by atoms with E-state index in [0.29, 0.717) is 0 Å². The minimum atomic E-state index is 0.00374. The molecule has 1 fully saturated rings. The average Bonchev–Trinajstić information content (AvgIpc) is 2.82. The lowest BCUT2D eigenvalue weighted by molar-refractivity contribution is 0.282. The summed E-state index contributed by atoms with van der Waals surface area (Å²) in [6.45, 7) is 13.3. The number of nitrogens with zero attached hydrogens (tertiary/aromatic N) is 2. The highest BCUT2D eigenvalue weighted by atomic mass is 32.1. The number of hydrogen-bond acceptors (Lipinski definition) is 4. The SMILES string of the molecule is CC1CN(c2nc(C(C)(C)C)c(CO)s2)CC1C. The molecule has 0 saturated carbocycles. The van der Waals surface area contributed by atoms with Crippen LogP contribution in [0.15, 0.2) is 0 Å². The highest BCUT2D eigenvalue weighted by Gasteiger charge is 2.30. The molecule has 1 aliphatic rings. The smallest absolute Gasteiger partial charge is 0.185 e. The molecule has 4 heteroatoms. The molecule has 2 unspecified atom stereocenters. The Balaban J connectivity index is 2.28. The Kier molecular flexibility index (Phi) is 3.70. The molecule has 1 aromatic heterocycles. The molecule has 2 heterocycles. The zero-order valence-electron chi connectivity index (χ0n) is 12.0. The van der Waals surface area contributed by atoms with Gasteiger partial charge in [0.25, 0.3) is 0 Å². The maximum absolute atomic E-state index is 9.49. The lowest BCUT2D eigenvalue weighted by Crippen LogP contribution is -2.20. The van der Waals surface area contributed by atoms with E-state index in [-0.39, 0.29) is 12.0 Å². The zero-order valence-corrected chi connectivity index (χ0v) is 12.8. The van der Waals surface area contributed by atoms with Crippen molar-refractivity contribution in [2.45, 2.75) is 46.6 Å². The molecule has 1 saturated heterocycles. The third-order valence-electron chi connectivity index (χ3n) is 3.80. The number of aromatic nitrogens is 1. The summed E-state index contributed by atoms with van der Waals surface area (Å²) in [5.74, 6) is 1.45. The first-order valence-corrected chi connectivity index (χ1v) is 7.50. The third kappa shape index (κ3) is 2.54. The van der Waals surface area contributed by atoms with E-state index in [1.807, 2.05) is 0 Å². The number of hydrogen-bond donors (Lipinski definition) is 1. The summed E-state index contributed by atoms with van der Waals surface area (Å²) in [5.41, 5.74) is 1.06. The van der Waals surface area contributed by atoms with Crippen LogP contribution in [0, 0.1) is 11.8 Å². The van der Waals surface area contributed by atoms with Crippen molar-refractivity contribution < 1.29 is 5.11 Å². The van der Waals surface area contributed by atoms with Crippen molar-refractivity contribution in [1.29, 1.82) is 0 Å². The Morgan fingerprint density at radius 2 is 1.83 bits per heavy atom. The maximum atomic E-state index is 9.49. The van der Waals surface area contributed by atoms with Gasteiger partial charge < -0.3 is 10.0 Å². The molecule has 0 aromatic carbocycles. The van der Waals surface area contributed by atoms with Crippen molar-refractivity contribution in [3.8, 4) is 0 Å². The first-order chi connectivity index (χ1) is 8.32.